The second-order valence-electron chi connectivity index (χ2n) is 4.24. The van der Waals surface area contributed by atoms with E-state index in [0.717, 1.165) is 5.56 Å². The summed E-state index contributed by atoms with van der Waals surface area (Å²) in [6.45, 7) is 2.81. The standard InChI is InChI=1S/C15H16N2S/c1-12(15-8-5-9-18-15)17-11-14(10-16)13-6-3-2-4-7-13/h2-9,12,14,17H,11H2,1H3. The monoisotopic (exact) mass is 256 g/mol. The van der Waals surface area contributed by atoms with Gasteiger partial charge in [0.2, 0.25) is 0 Å². The molecule has 0 saturated heterocycles. The van der Waals surface area contributed by atoms with Crippen LogP contribution in [0, 0.1) is 11.3 Å². The first-order chi connectivity index (χ1) is 8.81. The summed E-state index contributed by atoms with van der Waals surface area (Å²) in [6.07, 6.45) is 0. The number of thiophene rings is 1. The SMILES string of the molecule is CC(NCC(C#N)c1ccccc1)c1cccs1. The summed E-state index contributed by atoms with van der Waals surface area (Å²) in [5.41, 5.74) is 1.07. The van der Waals surface area contributed by atoms with Crippen LogP contribution in [0.2, 0.25) is 0 Å². The van der Waals surface area contributed by atoms with Crippen LogP contribution < -0.4 is 5.32 Å². The summed E-state index contributed by atoms with van der Waals surface area (Å²) in [7, 11) is 0. The molecule has 2 aromatic rings. The molecule has 2 rings (SSSR count). The van der Waals surface area contributed by atoms with E-state index in [4.69, 9.17) is 0 Å². The zero-order valence-corrected chi connectivity index (χ0v) is 11.2. The Hall–Kier alpha value is -1.63. The zero-order valence-electron chi connectivity index (χ0n) is 10.3. The third kappa shape index (κ3) is 3.19. The highest BCUT2D eigenvalue weighted by atomic mass is 32.1. The van der Waals surface area contributed by atoms with Crippen molar-refractivity contribution in [2.45, 2.75) is 18.9 Å². The van der Waals surface area contributed by atoms with Crippen LogP contribution in [0.5, 0.6) is 0 Å². The van der Waals surface area contributed by atoms with Crippen LogP contribution in [0.3, 0.4) is 0 Å². The fourth-order valence-corrected chi connectivity index (χ4v) is 2.62. The van der Waals surface area contributed by atoms with Crippen molar-refractivity contribution in [3.63, 3.8) is 0 Å². The maximum absolute atomic E-state index is 9.24. The summed E-state index contributed by atoms with van der Waals surface area (Å²) in [6, 6.07) is 16.8. The van der Waals surface area contributed by atoms with Gasteiger partial charge in [-0.1, -0.05) is 36.4 Å². The minimum absolute atomic E-state index is 0.0892. The van der Waals surface area contributed by atoms with Gasteiger partial charge in [0.05, 0.1) is 12.0 Å². The molecule has 1 aromatic heterocycles. The predicted octanol–water partition coefficient (Wildman–Crippen LogP) is 3.71. The van der Waals surface area contributed by atoms with Gasteiger partial charge in [-0.05, 0) is 23.9 Å². The second kappa shape index (κ2) is 6.34. The molecule has 0 radical (unpaired) electrons. The van der Waals surface area contributed by atoms with Gasteiger partial charge in [0, 0.05) is 17.5 Å². The van der Waals surface area contributed by atoms with Crippen LogP contribution >= 0.6 is 11.3 Å². The summed E-state index contributed by atoms with van der Waals surface area (Å²) in [5.74, 6) is -0.0892. The molecule has 92 valence electrons. The van der Waals surface area contributed by atoms with Crippen molar-refractivity contribution < 1.29 is 0 Å². The Kier molecular flexibility index (Phi) is 4.52. The van der Waals surface area contributed by atoms with Crippen molar-refractivity contribution in [3.8, 4) is 6.07 Å². The molecule has 3 heteroatoms. The van der Waals surface area contributed by atoms with Crippen molar-refractivity contribution in [1.82, 2.24) is 5.32 Å². The molecule has 0 amide bonds. The highest BCUT2D eigenvalue weighted by Crippen LogP contribution is 2.20. The van der Waals surface area contributed by atoms with Gasteiger partial charge in [0.1, 0.15) is 0 Å². The van der Waals surface area contributed by atoms with Gasteiger partial charge < -0.3 is 5.32 Å². The molecule has 18 heavy (non-hydrogen) atoms. The molecule has 0 aliphatic heterocycles. The van der Waals surface area contributed by atoms with Gasteiger partial charge in [-0.3, -0.25) is 0 Å². The first-order valence-electron chi connectivity index (χ1n) is 6.02. The average molecular weight is 256 g/mol. The lowest BCUT2D eigenvalue weighted by atomic mass is 10.0. The largest absolute Gasteiger partial charge is 0.308 e. The van der Waals surface area contributed by atoms with Crippen molar-refractivity contribution in [1.29, 1.82) is 5.26 Å². The minimum atomic E-state index is -0.0892. The molecule has 2 nitrogen and oxygen atoms in total. The molecule has 0 spiro atoms. The minimum Gasteiger partial charge on any atom is -0.308 e. The average Bonchev–Trinajstić information content (AvgIpc) is 2.94. The Bertz CT molecular complexity index is 499. The van der Waals surface area contributed by atoms with E-state index in [1.54, 1.807) is 11.3 Å². The lowest BCUT2D eigenvalue weighted by molar-refractivity contribution is 0.565. The molecule has 2 atom stereocenters. The van der Waals surface area contributed by atoms with Gasteiger partial charge in [-0.25, -0.2) is 0 Å². The van der Waals surface area contributed by atoms with E-state index >= 15 is 0 Å². The molecule has 0 bridgehead atoms. The number of rotatable bonds is 5. The van der Waals surface area contributed by atoms with Gasteiger partial charge in [-0.15, -0.1) is 11.3 Å². The Morgan fingerprint density at radius 3 is 2.61 bits per heavy atom. The van der Waals surface area contributed by atoms with Crippen molar-refractivity contribution in [3.05, 3.63) is 58.3 Å². The molecule has 2 unspecified atom stereocenters. The van der Waals surface area contributed by atoms with E-state index in [9.17, 15) is 5.26 Å². The summed E-state index contributed by atoms with van der Waals surface area (Å²) in [5, 5.41) is 14.7. The quantitative estimate of drug-likeness (QED) is 0.885. The lowest BCUT2D eigenvalue weighted by Crippen LogP contribution is -2.23. The third-order valence-corrected chi connectivity index (χ3v) is 4.01. The first-order valence-corrected chi connectivity index (χ1v) is 6.90. The van der Waals surface area contributed by atoms with Crippen molar-refractivity contribution in [2.24, 2.45) is 0 Å². The van der Waals surface area contributed by atoms with Crippen LogP contribution in [0.25, 0.3) is 0 Å². The fourth-order valence-electron chi connectivity index (χ4n) is 1.86. The summed E-state index contributed by atoms with van der Waals surface area (Å²) in [4.78, 5) is 1.31. The van der Waals surface area contributed by atoms with Crippen LogP contribution in [0.4, 0.5) is 0 Å². The highest BCUT2D eigenvalue weighted by molar-refractivity contribution is 7.10. The number of hydrogen-bond acceptors (Lipinski definition) is 3. The zero-order chi connectivity index (χ0) is 12.8. The number of benzene rings is 1. The maximum atomic E-state index is 9.24. The molecule has 0 saturated carbocycles. The smallest absolute Gasteiger partial charge is 0.0837 e. The van der Waals surface area contributed by atoms with E-state index < -0.39 is 0 Å². The maximum Gasteiger partial charge on any atom is 0.0837 e. The first kappa shape index (κ1) is 12.8. The summed E-state index contributed by atoms with van der Waals surface area (Å²) >= 11 is 1.74. The van der Waals surface area contributed by atoms with Crippen molar-refractivity contribution in [2.75, 3.05) is 6.54 Å². The molecule has 1 aromatic carbocycles. The van der Waals surface area contributed by atoms with E-state index in [0.29, 0.717) is 12.6 Å². The number of nitrogens with zero attached hydrogens (tertiary/aromatic N) is 1. The second-order valence-corrected chi connectivity index (χ2v) is 5.22. The Balaban J connectivity index is 1.95. The third-order valence-electron chi connectivity index (χ3n) is 2.96. The van der Waals surface area contributed by atoms with Gasteiger partial charge >= 0.3 is 0 Å². The number of nitrogens with one attached hydrogen (secondary N) is 1. The fraction of sp³-hybridized carbons (Fsp3) is 0.267. The van der Waals surface area contributed by atoms with Crippen LogP contribution in [0.1, 0.15) is 29.3 Å². The van der Waals surface area contributed by atoms with Crippen molar-refractivity contribution >= 4 is 11.3 Å². The van der Waals surface area contributed by atoms with E-state index in [1.807, 2.05) is 30.3 Å². The Morgan fingerprint density at radius 1 is 1.22 bits per heavy atom. The van der Waals surface area contributed by atoms with Gasteiger partial charge in [0.15, 0.2) is 0 Å². The van der Waals surface area contributed by atoms with Gasteiger partial charge in [-0.2, -0.15) is 5.26 Å². The van der Waals surface area contributed by atoms with Gasteiger partial charge in [0.25, 0.3) is 0 Å². The van der Waals surface area contributed by atoms with E-state index in [1.165, 1.54) is 4.88 Å². The molecule has 1 heterocycles. The van der Waals surface area contributed by atoms with E-state index in [-0.39, 0.29) is 5.92 Å². The topological polar surface area (TPSA) is 35.8 Å². The predicted molar refractivity (Wildman–Crippen MR) is 75.5 cm³/mol. The van der Waals surface area contributed by atoms with Crippen LogP contribution in [-0.2, 0) is 0 Å². The molecule has 0 fully saturated rings. The molecule has 0 aliphatic carbocycles. The Morgan fingerprint density at radius 2 is 2.00 bits per heavy atom. The summed E-state index contributed by atoms with van der Waals surface area (Å²) < 4.78 is 0. The molecule has 0 aliphatic rings. The normalized spacial score (nSPS) is 13.8. The van der Waals surface area contributed by atoms with Crippen LogP contribution in [-0.4, -0.2) is 6.54 Å². The molecular formula is C15H16N2S. The lowest BCUT2D eigenvalue weighted by Gasteiger charge is -2.15. The molecule has 1 N–H and O–H groups in total. The molecular weight excluding hydrogens is 240 g/mol. The highest BCUT2D eigenvalue weighted by Gasteiger charge is 2.12. The van der Waals surface area contributed by atoms with Crippen LogP contribution in [0.15, 0.2) is 47.8 Å². The number of hydrogen-bond donors (Lipinski definition) is 1. The van der Waals surface area contributed by atoms with E-state index in [2.05, 4.69) is 35.8 Å². The number of nitriles is 1. The Labute approximate surface area is 112 Å².